The average molecular weight is 875 g/mol. The minimum absolute atomic E-state index is 0.0442. The van der Waals surface area contributed by atoms with E-state index in [-0.39, 0.29) is 52.6 Å². The number of carboxylic acids is 1. The fraction of sp³-hybridized carbons (Fsp3) is 0.592. The number of aromatic hydroxyl groups is 1. The van der Waals surface area contributed by atoms with E-state index in [2.05, 4.69) is 13.0 Å². The van der Waals surface area contributed by atoms with Gasteiger partial charge in [-0.05, 0) is 108 Å². The number of phenols is 1. The number of carboxylic acid groups (broad SMARTS) is 1. The molecule has 0 aromatic heterocycles. The molecule has 2 heterocycles. The van der Waals surface area contributed by atoms with Crippen LogP contribution in [0.25, 0.3) is 0 Å². The smallest absolute Gasteiger partial charge is 0.346 e. The van der Waals surface area contributed by atoms with Gasteiger partial charge in [0.15, 0.2) is 18.0 Å². The number of Topliss-reactive ketones (excluding diaryl/α,β-unsaturated/α-hetero) is 1. The molecule has 14 unspecified atom stereocenters. The average Bonchev–Trinajstić information content (AvgIpc) is 3.45. The predicted octanol–water partition coefficient (Wildman–Crippen LogP) is 6.75. The van der Waals surface area contributed by atoms with Crippen LogP contribution in [0.1, 0.15) is 103 Å². The second kappa shape index (κ2) is 16.7. The molecule has 63 heavy (non-hydrogen) atoms. The zero-order valence-electron chi connectivity index (χ0n) is 37.8. The molecule has 6 aliphatic rings. The molecular weight excluding hydrogens is 813 g/mol. The molecule has 1 aromatic rings. The van der Waals surface area contributed by atoms with Gasteiger partial charge in [0, 0.05) is 23.5 Å². The van der Waals surface area contributed by atoms with Crippen LogP contribution in [0, 0.1) is 47.3 Å². The predicted molar refractivity (Wildman–Crippen MR) is 228 cm³/mol. The Morgan fingerprint density at radius 2 is 1.60 bits per heavy atom. The van der Waals surface area contributed by atoms with E-state index in [1.807, 2.05) is 39.8 Å². The molecule has 4 aliphatic carbocycles. The van der Waals surface area contributed by atoms with Crippen molar-refractivity contribution in [3.05, 3.63) is 81.2 Å². The number of rotatable bonds is 6. The summed E-state index contributed by atoms with van der Waals surface area (Å²) in [5.41, 5.74) is -1.48. The number of aliphatic hydroxyl groups is 3. The molecule has 0 amide bonds. The molecular formula is C49H62O14. The molecule has 2 bridgehead atoms. The van der Waals surface area contributed by atoms with Crippen LogP contribution < -0.4 is 4.74 Å². The van der Waals surface area contributed by atoms with Gasteiger partial charge in [-0.3, -0.25) is 4.79 Å². The van der Waals surface area contributed by atoms with Crippen LogP contribution in [-0.4, -0.2) is 98.7 Å². The molecule has 14 nitrogen and oxygen atoms in total. The first-order chi connectivity index (χ1) is 29.5. The molecule has 3 fully saturated rings. The van der Waals surface area contributed by atoms with Crippen LogP contribution >= 0.6 is 0 Å². The summed E-state index contributed by atoms with van der Waals surface area (Å²) < 4.78 is 30.1. The van der Waals surface area contributed by atoms with E-state index in [4.69, 9.17) is 23.7 Å². The van der Waals surface area contributed by atoms with E-state index in [0.717, 1.165) is 16.7 Å². The SMILES string of the molecule is COc1cc(O)cc(C)c1C(=O)OC1C(C)OC(OC2CC=C(C)C3C2CC(C)C2C(C)=CCCC(C)=CC4(C)C=C(C(=O)O)C(C)CC45OC(=O)C(=C(O)C23C)C5=O)C(O)C1O. The zero-order valence-corrected chi connectivity index (χ0v) is 37.8. The number of ether oxygens (including phenoxy) is 5. The van der Waals surface area contributed by atoms with Crippen molar-refractivity contribution < 1.29 is 68.4 Å². The Kier molecular flexibility index (Phi) is 12.2. The lowest BCUT2D eigenvalue weighted by atomic mass is 9.47. The van der Waals surface area contributed by atoms with E-state index < -0.39 is 94.3 Å². The summed E-state index contributed by atoms with van der Waals surface area (Å²) in [7, 11) is 1.34. The summed E-state index contributed by atoms with van der Waals surface area (Å²) >= 11 is 0. The van der Waals surface area contributed by atoms with Gasteiger partial charge >= 0.3 is 17.9 Å². The second-order valence-corrected chi connectivity index (χ2v) is 19.4. The minimum atomic E-state index is -1.80. The molecule has 1 saturated carbocycles. The van der Waals surface area contributed by atoms with E-state index >= 15 is 4.79 Å². The molecule has 5 N–H and O–H groups in total. The number of aliphatic hydroxyl groups excluding tert-OH is 3. The fourth-order valence-corrected chi connectivity index (χ4v) is 12.4. The Balaban J connectivity index is 1.24. The molecule has 1 spiro atoms. The van der Waals surface area contributed by atoms with Gasteiger partial charge in [-0.2, -0.15) is 0 Å². The molecule has 14 heteroatoms. The molecule has 14 atom stereocenters. The van der Waals surface area contributed by atoms with Crippen molar-refractivity contribution in [1.82, 2.24) is 0 Å². The first-order valence-electron chi connectivity index (χ1n) is 22.0. The number of aryl methyl sites for hydroxylation is 1. The van der Waals surface area contributed by atoms with E-state index in [0.29, 0.717) is 31.2 Å². The number of benzene rings is 1. The maximum absolute atomic E-state index is 15.2. The number of hydrogen-bond donors (Lipinski definition) is 5. The Morgan fingerprint density at radius 1 is 0.921 bits per heavy atom. The third kappa shape index (κ3) is 7.44. The molecule has 1 aromatic carbocycles. The number of fused-ring (bicyclic) bond motifs is 4. The molecule has 2 aliphatic heterocycles. The van der Waals surface area contributed by atoms with Crippen LogP contribution in [0.3, 0.4) is 0 Å². The van der Waals surface area contributed by atoms with Crippen molar-refractivity contribution in [1.29, 1.82) is 0 Å². The summed E-state index contributed by atoms with van der Waals surface area (Å²) in [6.07, 6.45) is 2.19. The molecule has 7 rings (SSSR count). The third-order valence-electron chi connectivity index (χ3n) is 15.2. The molecule has 2 saturated heterocycles. The van der Waals surface area contributed by atoms with Gasteiger partial charge in [0.2, 0.25) is 5.78 Å². The van der Waals surface area contributed by atoms with Crippen molar-refractivity contribution in [2.24, 2.45) is 40.4 Å². The van der Waals surface area contributed by atoms with Gasteiger partial charge in [0.25, 0.3) is 0 Å². The number of allylic oxidation sites excluding steroid dienone is 5. The highest BCUT2D eigenvalue weighted by Gasteiger charge is 2.67. The number of phenolic OH excluding ortho intramolecular Hbond substituents is 1. The quantitative estimate of drug-likeness (QED) is 0.114. The lowest BCUT2D eigenvalue weighted by molar-refractivity contribution is -0.310. The Bertz CT molecular complexity index is 2250. The largest absolute Gasteiger partial charge is 0.511 e. The van der Waals surface area contributed by atoms with Crippen LogP contribution in [0.15, 0.2) is 70.1 Å². The zero-order chi connectivity index (χ0) is 46.2. The van der Waals surface area contributed by atoms with Crippen LogP contribution in [0.2, 0.25) is 0 Å². The maximum atomic E-state index is 15.2. The van der Waals surface area contributed by atoms with E-state index in [9.17, 15) is 39.9 Å². The topological polar surface area (TPSA) is 216 Å². The summed E-state index contributed by atoms with van der Waals surface area (Å²) in [6, 6.07) is 2.65. The van der Waals surface area contributed by atoms with Gasteiger partial charge in [-0.25, -0.2) is 14.4 Å². The van der Waals surface area contributed by atoms with Gasteiger partial charge in [0.05, 0.1) is 24.7 Å². The van der Waals surface area contributed by atoms with Crippen molar-refractivity contribution >= 4 is 23.7 Å². The Morgan fingerprint density at radius 3 is 2.27 bits per heavy atom. The highest BCUT2D eigenvalue weighted by molar-refractivity contribution is 6.26. The van der Waals surface area contributed by atoms with Crippen molar-refractivity contribution in [2.45, 2.75) is 137 Å². The molecule has 342 valence electrons. The monoisotopic (exact) mass is 874 g/mol. The van der Waals surface area contributed by atoms with E-state index in [1.54, 1.807) is 27.7 Å². The minimum Gasteiger partial charge on any atom is -0.511 e. The number of carbonyl (C=O) groups is 4. The number of aliphatic carboxylic acids is 1. The van der Waals surface area contributed by atoms with Crippen LogP contribution in [0.5, 0.6) is 11.5 Å². The number of methoxy groups -OCH3 is 1. The summed E-state index contributed by atoms with van der Waals surface area (Å²) in [6.45, 7) is 16.5. The van der Waals surface area contributed by atoms with Crippen molar-refractivity contribution in [3.8, 4) is 11.5 Å². The highest BCUT2D eigenvalue weighted by Crippen LogP contribution is 2.63. The van der Waals surface area contributed by atoms with Crippen molar-refractivity contribution in [3.63, 3.8) is 0 Å². The number of carbonyl (C=O) groups excluding carboxylic acids is 3. The van der Waals surface area contributed by atoms with Crippen LogP contribution in [0.4, 0.5) is 0 Å². The Hall–Kier alpha value is -4.76. The maximum Gasteiger partial charge on any atom is 0.346 e. The summed E-state index contributed by atoms with van der Waals surface area (Å²) in [4.78, 5) is 55.4. The molecule has 0 radical (unpaired) electrons. The third-order valence-corrected chi connectivity index (χ3v) is 15.2. The van der Waals surface area contributed by atoms with Gasteiger partial charge < -0.3 is 49.2 Å². The van der Waals surface area contributed by atoms with E-state index in [1.165, 1.54) is 25.3 Å². The normalized spacial score (nSPS) is 39.3. The standard InChI is InChI=1S/C49H62O14/c1-22-12-11-13-23(2)36-26(5)17-30-32(61-46-39(52)38(51)40(28(7)60-46)62-44(57)34-25(4)16-29(50)18-33(34)59-10)15-14-24(3)37(30)48(36,9)41(53)35-42(54)49(63-45(35)58)20-27(6)31(43(55)56)21-47(49,8)19-22/h13-14,16,18-19,21,26-28,30,32,36-40,46,50-53H,11-12,15,17,20H2,1-10H3,(H,55,56). The van der Waals surface area contributed by atoms with Crippen LogP contribution in [-0.2, 0) is 33.3 Å². The lowest BCUT2D eigenvalue weighted by Crippen LogP contribution is -2.60. The number of hydrogen-bond acceptors (Lipinski definition) is 13. The highest BCUT2D eigenvalue weighted by atomic mass is 16.7. The number of esters is 2. The Labute approximate surface area is 368 Å². The van der Waals surface area contributed by atoms with Gasteiger partial charge in [-0.15, -0.1) is 0 Å². The van der Waals surface area contributed by atoms with Gasteiger partial charge in [0.1, 0.15) is 40.6 Å². The van der Waals surface area contributed by atoms with Crippen molar-refractivity contribution in [2.75, 3.05) is 7.11 Å². The van der Waals surface area contributed by atoms with Gasteiger partial charge in [-0.1, -0.05) is 61.8 Å². The number of ketones is 1. The first-order valence-corrected chi connectivity index (χ1v) is 22.0. The summed E-state index contributed by atoms with van der Waals surface area (Å²) in [5, 5.41) is 56.1. The second-order valence-electron chi connectivity index (χ2n) is 19.4. The summed E-state index contributed by atoms with van der Waals surface area (Å²) in [5.74, 6) is -5.96. The first kappa shape index (κ1) is 46.2. The fourth-order valence-electron chi connectivity index (χ4n) is 12.4. The lowest BCUT2D eigenvalue weighted by Gasteiger charge is -2.57.